The van der Waals surface area contributed by atoms with Crippen molar-refractivity contribution >= 4 is 90.9 Å². The van der Waals surface area contributed by atoms with Crippen LogP contribution in [0.3, 0.4) is 0 Å². The van der Waals surface area contributed by atoms with E-state index in [2.05, 4.69) is 0 Å². The number of anilines is 2. The molecule has 0 bridgehead atoms. The Morgan fingerprint density at radius 3 is 0.897 bits per heavy atom. The van der Waals surface area contributed by atoms with Crippen molar-refractivity contribution in [2.24, 2.45) is 0 Å². The molecule has 0 saturated carbocycles. The third-order valence-corrected chi connectivity index (χ3v) is 6.16. The predicted molar refractivity (Wildman–Crippen MR) is 147 cm³/mol. The summed E-state index contributed by atoms with van der Waals surface area (Å²) in [5.74, 6) is 0. The summed E-state index contributed by atoms with van der Waals surface area (Å²) in [6.45, 7) is 0. The van der Waals surface area contributed by atoms with E-state index >= 15 is 0 Å². The van der Waals surface area contributed by atoms with E-state index in [1.54, 1.807) is 48.5 Å². The van der Waals surface area contributed by atoms with Crippen molar-refractivity contribution in [2.45, 2.75) is 9.79 Å². The van der Waals surface area contributed by atoms with Gasteiger partial charge in [-0.2, -0.15) is 0 Å². The predicted octanol–water partition coefficient (Wildman–Crippen LogP) is -4.33. The first-order valence-corrected chi connectivity index (χ1v) is 11.3. The Labute approximate surface area is 253 Å². The Hall–Kier alpha value is -2.24. The van der Waals surface area contributed by atoms with Crippen molar-refractivity contribution in [3.8, 4) is 0 Å². The van der Waals surface area contributed by atoms with Gasteiger partial charge in [0.25, 0.3) is 0 Å². The number of fused-ring (bicyclic) bond motifs is 2. The maximum Gasteiger partial charge on any atom is 2.00 e. The Bertz CT molecular complexity index is 1370. The van der Waals surface area contributed by atoms with E-state index in [-0.39, 0.29) is 91.3 Å². The smallest absolute Gasteiger partial charge is 0.744 e. The van der Waals surface area contributed by atoms with E-state index in [1.165, 1.54) is 24.3 Å². The van der Waals surface area contributed by atoms with Gasteiger partial charge in [-0.1, -0.05) is 48.5 Å². The summed E-state index contributed by atoms with van der Waals surface area (Å²) in [5, 5.41) is 1.89. The molecule has 0 aromatic heterocycles. The molecule has 0 saturated heterocycles. The van der Waals surface area contributed by atoms with Crippen LogP contribution in [0, 0.1) is 0 Å². The van der Waals surface area contributed by atoms with Crippen LogP contribution in [-0.2, 0) is 20.2 Å². The van der Waals surface area contributed by atoms with Gasteiger partial charge in [-0.25, -0.2) is 16.8 Å². The van der Waals surface area contributed by atoms with Crippen molar-refractivity contribution in [3.63, 3.8) is 0 Å². The monoisotopic (exact) mass is 628 g/mol. The van der Waals surface area contributed by atoms with Gasteiger partial charge < -0.3 is 64.4 Å². The first-order chi connectivity index (χ1) is 14.0. The van der Waals surface area contributed by atoms with Crippen molar-refractivity contribution in [1.82, 2.24) is 0 Å². The third kappa shape index (κ3) is 12.2. The minimum absolute atomic E-state index is 0. The molecule has 0 aliphatic heterocycles. The average Bonchev–Trinajstić information content (AvgIpc) is 2.67. The van der Waals surface area contributed by atoms with Gasteiger partial charge in [0.15, 0.2) is 0 Å². The molecule has 0 unspecified atom stereocenters. The molecule has 39 heavy (non-hydrogen) atoms. The molecule has 0 atom stereocenters. The van der Waals surface area contributed by atoms with Gasteiger partial charge in [-0.3, -0.25) is 0 Å². The van der Waals surface area contributed by atoms with E-state index in [0.717, 1.165) is 0 Å². The van der Waals surface area contributed by atoms with E-state index in [0.29, 0.717) is 32.9 Å². The molecule has 4 rings (SSSR count). The number of hydrogen-bond acceptors (Lipinski definition) is 8. The fourth-order valence-corrected chi connectivity index (χ4v) is 4.39. The maximum absolute atomic E-state index is 11.0. The molecular weight excluding hydrogens is 596 g/mol. The quantitative estimate of drug-likeness (QED) is 0.124. The number of hydrogen-bond donors (Lipinski definition) is 2. The zero-order valence-electron chi connectivity index (χ0n) is 20.1. The van der Waals surface area contributed by atoms with Crippen LogP contribution < -0.4 is 11.5 Å². The minimum atomic E-state index is -4.45. The normalized spacial score (nSPS) is 9.08. The Kier molecular flexibility index (Phi) is 28.1. The SMILES string of the molecule is Nc1ccc(S(=O)(=O)[O-])c2ccccc12.Nc1ccc(S(=O)(=O)[O-])c2ccccc12.O.O.O.O.O.O.O.O.[Ca+2]. The summed E-state index contributed by atoms with van der Waals surface area (Å²) in [4.78, 5) is -0.459. The number of nitrogens with two attached hydrogens (primary N) is 2. The Morgan fingerprint density at radius 2 is 0.667 bits per heavy atom. The summed E-state index contributed by atoms with van der Waals surface area (Å²) in [6.07, 6.45) is 0. The van der Waals surface area contributed by atoms with Crippen LogP contribution >= 0.6 is 0 Å². The van der Waals surface area contributed by atoms with E-state index in [4.69, 9.17) is 11.5 Å². The molecule has 20 N–H and O–H groups in total. The second-order valence-electron chi connectivity index (χ2n) is 6.31. The standard InChI is InChI=1S/2C10H9NO3S.Ca.8H2O/c2*11-9-5-6-10(15(12,13)14)8-4-2-1-3-7(8)9;;;;;;;;;/h2*1-6H,11H2,(H,12,13,14);;8*1H2/q;;+2;;;;;;;;/p-2. The first-order valence-electron chi connectivity index (χ1n) is 8.46. The largest absolute Gasteiger partial charge is 2.00 e. The van der Waals surface area contributed by atoms with Crippen molar-refractivity contribution in [2.75, 3.05) is 11.5 Å². The zero-order valence-corrected chi connectivity index (χ0v) is 23.9. The van der Waals surface area contributed by atoms with Crippen LogP contribution in [0.25, 0.3) is 21.5 Å². The summed E-state index contributed by atoms with van der Waals surface area (Å²) in [5.41, 5.74) is 12.3. The number of rotatable bonds is 2. The van der Waals surface area contributed by atoms with Crippen LogP contribution in [-0.4, -0.2) is 107 Å². The van der Waals surface area contributed by atoms with E-state index < -0.39 is 20.2 Å². The molecule has 16 nitrogen and oxygen atoms in total. The van der Waals surface area contributed by atoms with Crippen LogP contribution in [0.1, 0.15) is 0 Å². The van der Waals surface area contributed by atoms with E-state index in [1.807, 2.05) is 0 Å². The molecule has 0 amide bonds. The van der Waals surface area contributed by atoms with Gasteiger partial charge in [-0.15, -0.1) is 0 Å². The van der Waals surface area contributed by atoms with Crippen molar-refractivity contribution < 1.29 is 69.8 Å². The topological polar surface area (TPSA) is 418 Å². The van der Waals surface area contributed by atoms with Gasteiger partial charge >= 0.3 is 37.7 Å². The Morgan fingerprint density at radius 1 is 0.436 bits per heavy atom. The fraction of sp³-hybridized carbons (Fsp3) is 0. The molecule has 0 radical (unpaired) electrons. The number of nitrogen functional groups attached to an aromatic ring is 2. The van der Waals surface area contributed by atoms with Crippen LogP contribution in [0.2, 0.25) is 0 Å². The second-order valence-corrected chi connectivity index (χ2v) is 9.00. The third-order valence-electron chi connectivity index (χ3n) is 4.37. The molecular formula is C20H32CaN2O14S2. The summed E-state index contributed by atoms with van der Waals surface area (Å²) in [7, 11) is -8.90. The van der Waals surface area contributed by atoms with Gasteiger partial charge in [0, 0.05) is 32.9 Å². The maximum atomic E-state index is 11.0. The zero-order chi connectivity index (χ0) is 22.1. The molecule has 0 spiro atoms. The molecule has 4 aromatic carbocycles. The summed E-state index contributed by atoms with van der Waals surface area (Å²) >= 11 is 0. The number of benzene rings is 4. The molecule has 0 aliphatic rings. The average molecular weight is 629 g/mol. The van der Waals surface area contributed by atoms with Crippen LogP contribution in [0.15, 0.2) is 82.6 Å². The fourth-order valence-electron chi connectivity index (χ4n) is 3.03. The van der Waals surface area contributed by atoms with Crippen LogP contribution in [0.4, 0.5) is 11.4 Å². The molecule has 4 aromatic rings. The van der Waals surface area contributed by atoms with Crippen LogP contribution in [0.5, 0.6) is 0 Å². The molecule has 0 aliphatic carbocycles. The van der Waals surface area contributed by atoms with Gasteiger partial charge in [0.1, 0.15) is 20.2 Å². The minimum Gasteiger partial charge on any atom is -0.744 e. The molecule has 0 heterocycles. The van der Waals surface area contributed by atoms with Gasteiger partial charge in [-0.05, 0) is 24.3 Å². The van der Waals surface area contributed by atoms with E-state index in [9.17, 15) is 25.9 Å². The van der Waals surface area contributed by atoms with Gasteiger partial charge in [0.2, 0.25) is 0 Å². The molecule has 0 fully saturated rings. The Balaban J connectivity index is -0.0000000853. The summed E-state index contributed by atoms with van der Waals surface area (Å²) in [6, 6.07) is 18.6. The van der Waals surface area contributed by atoms with Crippen molar-refractivity contribution in [1.29, 1.82) is 0 Å². The van der Waals surface area contributed by atoms with Crippen molar-refractivity contribution in [3.05, 3.63) is 72.8 Å². The first kappa shape index (κ1) is 53.1. The summed E-state index contributed by atoms with van der Waals surface area (Å²) < 4.78 is 65.8. The molecule has 19 heteroatoms. The van der Waals surface area contributed by atoms with Gasteiger partial charge in [0.05, 0.1) is 9.79 Å². The molecule has 220 valence electrons. The second kappa shape index (κ2) is 20.6.